The Labute approximate surface area is 154 Å². The number of nitrogens with zero attached hydrogens (tertiary/aromatic N) is 1. The van der Waals surface area contributed by atoms with Crippen molar-refractivity contribution >= 4 is 46.1 Å². The molecule has 0 radical (unpaired) electrons. The summed E-state index contributed by atoms with van der Waals surface area (Å²) in [6, 6.07) is 9.62. The van der Waals surface area contributed by atoms with Crippen LogP contribution in [-0.4, -0.2) is 35.0 Å². The van der Waals surface area contributed by atoms with Crippen LogP contribution in [0.5, 0.6) is 0 Å². The van der Waals surface area contributed by atoms with Gasteiger partial charge in [-0.1, -0.05) is 30.3 Å². The van der Waals surface area contributed by atoms with E-state index in [1.54, 1.807) is 26.0 Å². The fourth-order valence-corrected chi connectivity index (χ4v) is 4.45. The molecule has 1 spiro atoms. The molecule has 1 heterocycles. The number of benzene rings is 1. The van der Waals surface area contributed by atoms with E-state index >= 15 is 0 Å². The number of hydrogen-bond donors (Lipinski definition) is 0. The van der Waals surface area contributed by atoms with Crippen LogP contribution in [-0.2, 0) is 14.4 Å². The van der Waals surface area contributed by atoms with E-state index in [2.05, 4.69) is 0 Å². The van der Waals surface area contributed by atoms with E-state index in [0.717, 1.165) is 17.4 Å². The molecular weight excluding hydrogens is 417 g/mol. The van der Waals surface area contributed by atoms with Crippen LogP contribution in [0.1, 0.15) is 19.4 Å². The van der Waals surface area contributed by atoms with E-state index < -0.39 is 5.54 Å². The van der Waals surface area contributed by atoms with Crippen molar-refractivity contribution in [2.45, 2.75) is 19.4 Å². The molecule has 1 amide bonds. The molecule has 0 unspecified atom stereocenters. The fourth-order valence-electron chi connectivity index (χ4n) is 3.42. The largest absolute Gasteiger partial charge is 0.314 e. The Balaban J connectivity index is 2.31. The summed E-state index contributed by atoms with van der Waals surface area (Å²) in [6.45, 7) is 3.47. The zero-order valence-corrected chi connectivity index (χ0v) is 15.5. The molecule has 0 fully saturated rings. The van der Waals surface area contributed by atoms with Crippen LogP contribution in [0.2, 0.25) is 0 Å². The molecule has 0 saturated heterocycles. The van der Waals surface area contributed by atoms with Gasteiger partial charge in [0.15, 0.2) is 5.78 Å². The summed E-state index contributed by atoms with van der Waals surface area (Å²) in [5, 5.41) is 0. The van der Waals surface area contributed by atoms with Crippen molar-refractivity contribution in [3.8, 4) is 0 Å². The molecule has 4 nitrogen and oxygen atoms in total. The highest BCUT2D eigenvalue weighted by Gasteiger charge is 2.50. The maximum atomic E-state index is 12.8. The molecule has 24 heavy (non-hydrogen) atoms. The van der Waals surface area contributed by atoms with Gasteiger partial charge in [-0.25, -0.2) is 0 Å². The molecule has 0 atom stereocenters. The van der Waals surface area contributed by atoms with Gasteiger partial charge in [-0.15, -0.1) is 0 Å². The number of carbonyl (C=O) groups is 3. The topological polar surface area (TPSA) is 54.5 Å². The first-order valence-electron chi connectivity index (χ1n) is 7.57. The van der Waals surface area contributed by atoms with E-state index in [0.29, 0.717) is 14.7 Å². The molecule has 0 N–H and O–H groups in total. The first kappa shape index (κ1) is 16.8. The summed E-state index contributed by atoms with van der Waals surface area (Å²) in [6.07, 6.45) is 4.33. The van der Waals surface area contributed by atoms with Gasteiger partial charge in [0.25, 0.3) is 5.91 Å². The Morgan fingerprint density at radius 1 is 1.08 bits per heavy atom. The monoisotopic (exact) mass is 433 g/mol. The van der Waals surface area contributed by atoms with Gasteiger partial charge in [-0.2, -0.15) is 0 Å². The van der Waals surface area contributed by atoms with Gasteiger partial charge < -0.3 is 9.69 Å². The maximum absolute atomic E-state index is 12.8. The van der Waals surface area contributed by atoms with E-state index in [4.69, 9.17) is 0 Å². The van der Waals surface area contributed by atoms with Crippen molar-refractivity contribution in [3.05, 3.63) is 62.8 Å². The summed E-state index contributed by atoms with van der Waals surface area (Å²) >= 11 is 2.04. The van der Waals surface area contributed by atoms with E-state index in [1.165, 1.54) is 4.90 Å². The Kier molecular flexibility index (Phi) is 4.29. The number of amides is 1. The lowest BCUT2D eigenvalue weighted by atomic mass is 9.78. The minimum Gasteiger partial charge on any atom is -0.314 e. The Bertz CT molecular complexity index is 811. The summed E-state index contributed by atoms with van der Waals surface area (Å²) in [7, 11) is 0. The smallest absolute Gasteiger partial charge is 0.262 e. The van der Waals surface area contributed by atoms with E-state index in [1.807, 2.05) is 52.9 Å². The van der Waals surface area contributed by atoms with Crippen molar-refractivity contribution < 1.29 is 14.4 Å². The van der Waals surface area contributed by atoms with Gasteiger partial charge in [0.05, 0.1) is 10.1 Å². The number of allylic oxidation sites excluding steroid dienone is 2. The minimum atomic E-state index is -0.891. The van der Waals surface area contributed by atoms with Gasteiger partial charge in [0.1, 0.15) is 11.8 Å². The minimum absolute atomic E-state index is 0.0244. The molecule has 2 aliphatic rings. The van der Waals surface area contributed by atoms with Crippen molar-refractivity contribution in [1.29, 1.82) is 0 Å². The molecule has 1 aliphatic carbocycles. The van der Waals surface area contributed by atoms with E-state index in [9.17, 15) is 14.4 Å². The third-order valence-electron chi connectivity index (χ3n) is 4.41. The quantitative estimate of drug-likeness (QED) is 0.544. The highest BCUT2D eigenvalue weighted by molar-refractivity contribution is 14.1. The van der Waals surface area contributed by atoms with E-state index in [-0.39, 0.29) is 18.2 Å². The molecule has 122 valence electrons. The predicted molar refractivity (Wildman–Crippen MR) is 100 cm³/mol. The third-order valence-corrected chi connectivity index (χ3v) is 5.41. The number of Topliss-reactive ketones (excluding diaryl/α,β-unsaturated/α-hetero) is 1. The first-order valence-corrected chi connectivity index (χ1v) is 8.65. The molecule has 1 aromatic rings. The number of hydrogen-bond acceptors (Lipinski definition) is 3. The third kappa shape index (κ3) is 2.38. The lowest BCUT2D eigenvalue weighted by Gasteiger charge is -2.38. The maximum Gasteiger partial charge on any atom is 0.262 e. The van der Waals surface area contributed by atoms with Crippen molar-refractivity contribution in [2.75, 3.05) is 6.54 Å². The molecule has 0 bridgehead atoms. The highest BCUT2D eigenvalue weighted by Crippen LogP contribution is 2.48. The van der Waals surface area contributed by atoms with Crippen LogP contribution in [0.3, 0.4) is 0 Å². The second-order valence-corrected chi connectivity index (χ2v) is 7.03. The summed E-state index contributed by atoms with van der Waals surface area (Å²) in [5.74, 6) is -0.225. The van der Waals surface area contributed by atoms with Crippen molar-refractivity contribution in [3.63, 3.8) is 0 Å². The zero-order chi connectivity index (χ0) is 17.5. The molecular formula is C19H16INO3. The van der Waals surface area contributed by atoms with Crippen LogP contribution >= 0.6 is 22.6 Å². The average Bonchev–Trinajstić information content (AvgIpc) is 2.75. The molecule has 5 heteroatoms. The van der Waals surface area contributed by atoms with Crippen LogP contribution < -0.4 is 0 Å². The van der Waals surface area contributed by atoms with Crippen LogP contribution in [0.25, 0.3) is 5.57 Å². The predicted octanol–water partition coefficient (Wildman–Crippen LogP) is 3.09. The van der Waals surface area contributed by atoms with Gasteiger partial charge in [0.2, 0.25) is 0 Å². The zero-order valence-electron chi connectivity index (χ0n) is 13.4. The molecule has 0 saturated carbocycles. The number of halogens is 1. The molecule has 3 rings (SSSR count). The summed E-state index contributed by atoms with van der Waals surface area (Å²) in [5.41, 5.74) is 2.00. The van der Waals surface area contributed by atoms with Gasteiger partial charge in [-0.05, 0) is 65.3 Å². The van der Waals surface area contributed by atoms with Gasteiger partial charge >= 0.3 is 0 Å². The van der Waals surface area contributed by atoms with Gasteiger partial charge in [0, 0.05) is 5.57 Å². The molecule has 0 aromatic heterocycles. The van der Waals surface area contributed by atoms with Crippen molar-refractivity contribution in [2.24, 2.45) is 0 Å². The molecule has 1 aliphatic heterocycles. The van der Waals surface area contributed by atoms with Crippen LogP contribution in [0, 0.1) is 0 Å². The van der Waals surface area contributed by atoms with Crippen LogP contribution in [0.4, 0.5) is 0 Å². The Morgan fingerprint density at radius 2 is 1.67 bits per heavy atom. The lowest BCUT2D eigenvalue weighted by molar-refractivity contribution is -0.129. The first-order chi connectivity index (χ1) is 11.4. The lowest BCUT2D eigenvalue weighted by Crippen LogP contribution is -2.48. The normalized spacial score (nSPS) is 19.7. The number of ketones is 1. The number of carbonyl (C=O) groups excluding carboxylic acids is 3. The SMILES string of the molecule is CC1=CC2(C=C(C)C1=O)C(c1ccccc1)=C(I)C(=O)N2CC=O. The standard InChI is InChI=1S/C19H16INO3/c1-12-10-19(11-13(2)17(12)23)15(14-6-4-3-5-7-14)16(20)18(24)21(19)8-9-22/h3-7,9-11H,8H2,1-2H3. The second-order valence-electron chi connectivity index (χ2n) is 5.95. The summed E-state index contributed by atoms with van der Waals surface area (Å²) < 4.78 is 0.572. The average molecular weight is 433 g/mol. The Hall–Kier alpha value is -2.02. The Morgan fingerprint density at radius 3 is 2.21 bits per heavy atom. The van der Waals surface area contributed by atoms with Crippen LogP contribution in [0.15, 0.2) is 57.2 Å². The van der Waals surface area contributed by atoms with Gasteiger partial charge in [-0.3, -0.25) is 9.59 Å². The second kappa shape index (κ2) is 6.12. The fraction of sp³-hybridized carbons (Fsp3) is 0.211. The van der Waals surface area contributed by atoms with Crippen molar-refractivity contribution in [1.82, 2.24) is 4.90 Å². The summed E-state index contributed by atoms with van der Waals surface area (Å²) in [4.78, 5) is 37.7. The molecule has 1 aromatic carbocycles. The highest BCUT2D eigenvalue weighted by atomic mass is 127. The number of rotatable bonds is 3. The number of aldehydes is 1.